The lowest BCUT2D eigenvalue weighted by Crippen LogP contribution is -2.24. The average Bonchev–Trinajstić information content (AvgIpc) is 3.38. The van der Waals surface area contributed by atoms with Crippen molar-refractivity contribution in [1.82, 2.24) is 24.6 Å². The first-order chi connectivity index (χ1) is 12.7. The first-order valence-electron chi connectivity index (χ1n) is 8.58. The van der Waals surface area contributed by atoms with Crippen LogP contribution >= 0.6 is 11.3 Å². The number of likely N-dealkylation sites (tertiary alicyclic amines) is 1. The standard InChI is InChI=1S/C18H20N6OS/c1-23-11-13(10-20-23)12-24-8-3-6-16(24)14-4-2-5-15(21-14)17(25)22-18-19-7-9-26-18/h2,4-5,7,9-11,16H,3,6,8,12H2,1H3,(H,19,22,25). The maximum Gasteiger partial charge on any atom is 0.276 e. The first-order valence-corrected chi connectivity index (χ1v) is 9.46. The van der Waals surface area contributed by atoms with E-state index in [-0.39, 0.29) is 11.9 Å². The Morgan fingerprint density at radius 2 is 2.35 bits per heavy atom. The van der Waals surface area contributed by atoms with Gasteiger partial charge in [0, 0.05) is 36.9 Å². The second-order valence-electron chi connectivity index (χ2n) is 6.39. The van der Waals surface area contributed by atoms with E-state index < -0.39 is 0 Å². The van der Waals surface area contributed by atoms with Crippen molar-refractivity contribution in [3.8, 4) is 0 Å². The third-order valence-corrected chi connectivity index (χ3v) is 5.19. The molecule has 4 heterocycles. The van der Waals surface area contributed by atoms with E-state index in [1.807, 2.05) is 41.6 Å². The van der Waals surface area contributed by atoms with Gasteiger partial charge in [-0.05, 0) is 31.5 Å². The van der Waals surface area contributed by atoms with Crippen LogP contribution in [0.2, 0.25) is 0 Å². The summed E-state index contributed by atoms with van der Waals surface area (Å²) in [6.07, 6.45) is 7.79. The summed E-state index contributed by atoms with van der Waals surface area (Å²) in [5, 5.41) is 9.45. The van der Waals surface area contributed by atoms with Gasteiger partial charge < -0.3 is 0 Å². The molecule has 1 unspecified atom stereocenters. The highest BCUT2D eigenvalue weighted by Crippen LogP contribution is 2.32. The Bertz CT molecular complexity index is 891. The van der Waals surface area contributed by atoms with Gasteiger partial charge in [-0.3, -0.25) is 19.7 Å². The maximum absolute atomic E-state index is 12.4. The second kappa shape index (κ2) is 7.35. The number of aromatic nitrogens is 4. The summed E-state index contributed by atoms with van der Waals surface area (Å²) < 4.78 is 1.82. The molecule has 8 heteroatoms. The van der Waals surface area contributed by atoms with Crippen molar-refractivity contribution in [1.29, 1.82) is 0 Å². The molecule has 0 saturated carbocycles. The Kier molecular flexibility index (Phi) is 4.77. The molecule has 3 aromatic rings. The Labute approximate surface area is 155 Å². The normalized spacial score (nSPS) is 17.5. The van der Waals surface area contributed by atoms with Crippen molar-refractivity contribution in [3.63, 3.8) is 0 Å². The fourth-order valence-corrected chi connectivity index (χ4v) is 3.87. The van der Waals surface area contributed by atoms with Crippen molar-refractivity contribution in [3.05, 3.63) is 59.1 Å². The predicted octanol–water partition coefficient (Wildman–Crippen LogP) is 2.86. The molecule has 1 amide bonds. The number of aryl methyl sites for hydroxylation is 1. The van der Waals surface area contributed by atoms with E-state index in [0.29, 0.717) is 10.8 Å². The Morgan fingerprint density at radius 1 is 1.42 bits per heavy atom. The van der Waals surface area contributed by atoms with Crippen LogP contribution < -0.4 is 5.32 Å². The number of nitrogens with one attached hydrogen (secondary N) is 1. The zero-order chi connectivity index (χ0) is 17.9. The summed E-state index contributed by atoms with van der Waals surface area (Å²) in [5.74, 6) is -0.224. The monoisotopic (exact) mass is 368 g/mol. The number of hydrogen-bond acceptors (Lipinski definition) is 6. The number of nitrogens with zero attached hydrogens (tertiary/aromatic N) is 5. The molecule has 7 nitrogen and oxygen atoms in total. The lowest BCUT2D eigenvalue weighted by Gasteiger charge is -2.23. The minimum atomic E-state index is -0.224. The van der Waals surface area contributed by atoms with Gasteiger partial charge in [-0.15, -0.1) is 11.3 Å². The maximum atomic E-state index is 12.4. The highest BCUT2D eigenvalue weighted by atomic mass is 32.1. The van der Waals surface area contributed by atoms with E-state index in [9.17, 15) is 4.79 Å². The van der Waals surface area contributed by atoms with Gasteiger partial charge >= 0.3 is 0 Å². The van der Waals surface area contributed by atoms with Crippen LogP contribution in [0.3, 0.4) is 0 Å². The molecule has 0 aromatic carbocycles. The largest absolute Gasteiger partial charge is 0.296 e. The van der Waals surface area contributed by atoms with Crippen molar-refractivity contribution in [2.75, 3.05) is 11.9 Å². The lowest BCUT2D eigenvalue weighted by atomic mass is 10.1. The molecule has 3 aromatic heterocycles. The molecule has 0 spiro atoms. The molecule has 1 N–H and O–H groups in total. The summed E-state index contributed by atoms with van der Waals surface area (Å²) in [6, 6.07) is 5.88. The highest BCUT2D eigenvalue weighted by Gasteiger charge is 2.28. The zero-order valence-electron chi connectivity index (χ0n) is 14.5. The SMILES string of the molecule is Cn1cc(CN2CCCC2c2cccc(C(=O)Nc3nccs3)n2)cn1. The molecular weight excluding hydrogens is 348 g/mol. The van der Waals surface area contributed by atoms with Gasteiger partial charge in [0.15, 0.2) is 5.13 Å². The van der Waals surface area contributed by atoms with Crippen LogP contribution in [0.1, 0.15) is 40.6 Å². The summed E-state index contributed by atoms with van der Waals surface area (Å²) in [5.41, 5.74) is 2.56. The number of amides is 1. The number of pyridine rings is 1. The number of rotatable bonds is 5. The molecule has 4 rings (SSSR count). The third-order valence-electron chi connectivity index (χ3n) is 4.51. The fourth-order valence-electron chi connectivity index (χ4n) is 3.35. The Hall–Kier alpha value is -2.58. The summed E-state index contributed by atoms with van der Waals surface area (Å²) in [7, 11) is 1.93. The van der Waals surface area contributed by atoms with Crippen LogP contribution in [0, 0.1) is 0 Å². The van der Waals surface area contributed by atoms with Crippen molar-refractivity contribution in [2.24, 2.45) is 7.05 Å². The van der Waals surface area contributed by atoms with Crippen LogP contribution in [0.25, 0.3) is 0 Å². The van der Waals surface area contributed by atoms with Crippen LogP contribution in [0.5, 0.6) is 0 Å². The third kappa shape index (κ3) is 3.66. The molecule has 134 valence electrons. The quantitative estimate of drug-likeness (QED) is 0.749. The van der Waals surface area contributed by atoms with Gasteiger partial charge in [-0.2, -0.15) is 5.10 Å². The van der Waals surface area contributed by atoms with E-state index in [1.54, 1.807) is 12.3 Å². The minimum absolute atomic E-state index is 0.224. The van der Waals surface area contributed by atoms with E-state index in [0.717, 1.165) is 31.6 Å². The van der Waals surface area contributed by atoms with Crippen LogP contribution in [-0.4, -0.2) is 37.1 Å². The summed E-state index contributed by atoms with van der Waals surface area (Å²) in [4.78, 5) is 23.5. The molecule has 1 aliphatic heterocycles. The minimum Gasteiger partial charge on any atom is -0.296 e. The fraction of sp³-hybridized carbons (Fsp3) is 0.333. The van der Waals surface area contributed by atoms with Crippen LogP contribution in [-0.2, 0) is 13.6 Å². The van der Waals surface area contributed by atoms with E-state index >= 15 is 0 Å². The van der Waals surface area contributed by atoms with Crippen LogP contribution in [0.15, 0.2) is 42.2 Å². The number of thiazole rings is 1. The van der Waals surface area contributed by atoms with Gasteiger partial charge in [-0.25, -0.2) is 9.97 Å². The number of carbonyl (C=O) groups is 1. The van der Waals surface area contributed by atoms with Gasteiger partial charge in [0.25, 0.3) is 5.91 Å². The predicted molar refractivity (Wildman–Crippen MR) is 99.9 cm³/mol. The topological polar surface area (TPSA) is 75.9 Å². The van der Waals surface area contributed by atoms with Crippen LogP contribution in [0.4, 0.5) is 5.13 Å². The number of hydrogen-bond donors (Lipinski definition) is 1. The number of carbonyl (C=O) groups excluding carboxylic acids is 1. The molecule has 0 bridgehead atoms. The van der Waals surface area contributed by atoms with Gasteiger partial charge in [0.05, 0.1) is 17.9 Å². The summed E-state index contributed by atoms with van der Waals surface area (Å²) in [6.45, 7) is 1.87. The lowest BCUT2D eigenvalue weighted by molar-refractivity contribution is 0.102. The van der Waals surface area contributed by atoms with E-state index in [4.69, 9.17) is 0 Å². The second-order valence-corrected chi connectivity index (χ2v) is 7.28. The number of anilines is 1. The van der Waals surface area contributed by atoms with Gasteiger partial charge in [0.2, 0.25) is 0 Å². The molecule has 1 aliphatic rings. The highest BCUT2D eigenvalue weighted by molar-refractivity contribution is 7.13. The Morgan fingerprint density at radius 3 is 3.12 bits per heavy atom. The molecule has 1 fully saturated rings. The molecule has 1 atom stereocenters. The molecule has 0 aliphatic carbocycles. The molecule has 26 heavy (non-hydrogen) atoms. The van der Waals surface area contributed by atoms with Crippen molar-refractivity contribution < 1.29 is 4.79 Å². The molecule has 0 radical (unpaired) electrons. The average molecular weight is 368 g/mol. The zero-order valence-corrected chi connectivity index (χ0v) is 15.3. The van der Waals surface area contributed by atoms with E-state index in [2.05, 4.69) is 25.3 Å². The Balaban J connectivity index is 1.50. The first kappa shape index (κ1) is 16.9. The van der Waals surface area contributed by atoms with Gasteiger partial charge in [-0.1, -0.05) is 6.07 Å². The van der Waals surface area contributed by atoms with Crippen molar-refractivity contribution >= 4 is 22.4 Å². The van der Waals surface area contributed by atoms with E-state index in [1.165, 1.54) is 16.9 Å². The van der Waals surface area contributed by atoms with Gasteiger partial charge in [0.1, 0.15) is 5.69 Å². The summed E-state index contributed by atoms with van der Waals surface area (Å²) >= 11 is 1.39. The van der Waals surface area contributed by atoms with Crippen molar-refractivity contribution in [2.45, 2.75) is 25.4 Å². The smallest absolute Gasteiger partial charge is 0.276 e. The molecular formula is C18H20N6OS. The molecule has 1 saturated heterocycles.